The molecular weight excluding hydrogens is 342 g/mol. The first-order valence-corrected chi connectivity index (χ1v) is 7.81. The molecule has 3 heterocycles. The van der Waals surface area contributed by atoms with Crippen molar-refractivity contribution in [2.45, 2.75) is 13.0 Å². The largest absolute Gasteiger partial charge is 0.301 e. The molecule has 0 fully saturated rings. The first-order valence-electron chi connectivity index (χ1n) is 6.20. The molecule has 2 aromatic heterocycles. The Labute approximate surface area is 128 Å². The summed E-state index contributed by atoms with van der Waals surface area (Å²) in [5.74, 6) is -0.239. The summed E-state index contributed by atoms with van der Waals surface area (Å²) in [5, 5.41) is 7.60. The van der Waals surface area contributed by atoms with Gasteiger partial charge >= 0.3 is 0 Å². The van der Waals surface area contributed by atoms with Crippen LogP contribution in [0.25, 0.3) is 0 Å². The third-order valence-electron chi connectivity index (χ3n) is 3.14. The summed E-state index contributed by atoms with van der Waals surface area (Å²) in [7, 11) is 3.87. The Morgan fingerprint density at radius 3 is 3.00 bits per heavy atom. The number of halogens is 1. The van der Waals surface area contributed by atoms with Gasteiger partial charge in [0.1, 0.15) is 0 Å². The molecule has 0 spiro atoms. The average molecular weight is 356 g/mol. The van der Waals surface area contributed by atoms with Gasteiger partial charge < -0.3 is 4.90 Å². The van der Waals surface area contributed by atoms with Crippen LogP contribution < -0.4 is 5.32 Å². The summed E-state index contributed by atoms with van der Waals surface area (Å²) in [6, 6.07) is 0. The number of carbonyl (C=O) groups excluding carboxylic acids is 1. The Kier molecular flexibility index (Phi) is 3.61. The summed E-state index contributed by atoms with van der Waals surface area (Å²) in [6.07, 6.45) is 2.68. The summed E-state index contributed by atoms with van der Waals surface area (Å²) < 4.78 is 2.28. The minimum atomic E-state index is -0.239. The van der Waals surface area contributed by atoms with Crippen molar-refractivity contribution in [2.24, 2.45) is 7.05 Å². The molecule has 106 valence electrons. The highest BCUT2D eigenvalue weighted by atomic mass is 79.9. The van der Waals surface area contributed by atoms with Crippen LogP contribution in [-0.4, -0.2) is 39.2 Å². The van der Waals surface area contributed by atoms with Gasteiger partial charge in [0.25, 0.3) is 5.91 Å². The van der Waals surface area contributed by atoms with Crippen molar-refractivity contribution in [3.63, 3.8) is 0 Å². The van der Waals surface area contributed by atoms with E-state index in [-0.39, 0.29) is 5.91 Å². The smallest absolute Gasteiger partial charge is 0.279 e. The lowest BCUT2D eigenvalue weighted by Gasteiger charge is -2.20. The zero-order chi connectivity index (χ0) is 14.3. The fourth-order valence-electron chi connectivity index (χ4n) is 2.15. The van der Waals surface area contributed by atoms with E-state index in [1.165, 1.54) is 4.88 Å². The topological polar surface area (TPSA) is 63.1 Å². The normalized spacial score (nSPS) is 15.2. The first-order chi connectivity index (χ1) is 9.52. The number of amides is 1. The Bertz CT molecular complexity index is 665. The summed E-state index contributed by atoms with van der Waals surface area (Å²) in [4.78, 5) is 20.1. The number of aryl methyl sites for hydroxylation is 1. The predicted molar refractivity (Wildman–Crippen MR) is 81.0 cm³/mol. The highest BCUT2D eigenvalue weighted by molar-refractivity contribution is 9.10. The van der Waals surface area contributed by atoms with E-state index < -0.39 is 0 Å². The average Bonchev–Trinajstić information content (AvgIpc) is 2.91. The maximum absolute atomic E-state index is 12.2. The second-order valence-electron chi connectivity index (χ2n) is 4.83. The van der Waals surface area contributed by atoms with Crippen LogP contribution in [0.15, 0.2) is 10.7 Å². The highest BCUT2D eigenvalue weighted by Crippen LogP contribution is 2.28. The molecule has 2 aromatic rings. The van der Waals surface area contributed by atoms with Gasteiger partial charge in [-0.15, -0.1) is 11.3 Å². The third kappa shape index (κ3) is 2.63. The number of hydrogen-bond acceptors (Lipinski definition) is 5. The van der Waals surface area contributed by atoms with Crippen molar-refractivity contribution in [1.82, 2.24) is 19.7 Å². The molecule has 20 heavy (non-hydrogen) atoms. The monoisotopic (exact) mass is 355 g/mol. The molecule has 0 atom stereocenters. The molecule has 0 aliphatic carbocycles. The van der Waals surface area contributed by atoms with Crippen LogP contribution in [-0.2, 0) is 20.0 Å². The molecule has 0 unspecified atom stereocenters. The molecule has 0 aromatic carbocycles. The summed E-state index contributed by atoms with van der Waals surface area (Å²) in [5.41, 5.74) is 1.47. The van der Waals surface area contributed by atoms with Gasteiger partial charge in [-0.1, -0.05) is 0 Å². The molecule has 0 bridgehead atoms. The van der Waals surface area contributed by atoms with Crippen LogP contribution in [0.5, 0.6) is 0 Å². The lowest BCUT2D eigenvalue weighted by Crippen LogP contribution is -2.25. The van der Waals surface area contributed by atoms with Crippen molar-refractivity contribution in [3.8, 4) is 0 Å². The van der Waals surface area contributed by atoms with Crippen LogP contribution in [0.1, 0.15) is 21.1 Å². The molecule has 1 aliphatic rings. The quantitative estimate of drug-likeness (QED) is 0.893. The molecule has 1 N–H and O–H groups in total. The third-order valence-corrected chi connectivity index (χ3v) is 4.72. The summed E-state index contributed by atoms with van der Waals surface area (Å²) >= 11 is 4.87. The number of carbonyl (C=O) groups is 1. The Morgan fingerprint density at radius 2 is 2.30 bits per heavy atom. The standard InChI is InChI=1S/C12H14BrN5OS/c1-17-4-3-8-9(6-17)20-12(14-8)15-11(19)10-7(13)5-18(2)16-10/h5H,3-4,6H2,1-2H3,(H,14,15,19). The second-order valence-corrected chi connectivity index (χ2v) is 6.77. The number of nitrogens with one attached hydrogen (secondary N) is 1. The van der Waals surface area contributed by atoms with Gasteiger partial charge in [0.05, 0.1) is 10.2 Å². The van der Waals surface area contributed by atoms with Crippen LogP contribution in [0, 0.1) is 0 Å². The second kappa shape index (κ2) is 5.27. The number of fused-ring (bicyclic) bond motifs is 1. The lowest BCUT2D eigenvalue weighted by atomic mass is 10.2. The Balaban J connectivity index is 1.78. The van der Waals surface area contributed by atoms with Crippen molar-refractivity contribution < 1.29 is 4.79 Å². The predicted octanol–water partition coefficient (Wildman–Crippen LogP) is 1.88. The number of anilines is 1. The number of thiazole rings is 1. The van der Waals surface area contributed by atoms with E-state index in [0.717, 1.165) is 25.2 Å². The minimum absolute atomic E-state index is 0.239. The molecular formula is C12H14BrN5OS. The zero-order valence-corrected chi connectivity index (χ0v) is 13.6. The molecule has 0 saturated carbocycles. The number of aromatic nitrogens is 3. The van der Waals surface area contributed by atoms with Crippen molar-refractivity contribution >= 4 is 38.3 Å². The molecule has 0 saturated heterocycles. The van der Waals surface area contributed by atoms with Crippen molar-refractivity contribution in [2.75, 3.05) is 18.9 Å². The van der Waals surface area contributed by atoms with E-state index in [4.69, 9.17) is 0 Å². The van der Waals surface area contributed by atoms with Gasteiger partial charge in [-0.25, -0.2) is 4.98 Å². The van der Waals surface area contributed by atoms with Gasteiger partial charge in [-0.3, -0.25) is 14.8 Å². The number of nitrogens with zero attached hydrogens (tertiary/aromatic N) is 4. The van der Waals surface area contributed by atoms with Crippen LogP contribution in [0.2, 0.25) is 0 Å². The number of rotatable bonds is 2. The number of hydrogen-bond donors (Lipinski definition) is 1. The zero-order valence-electron chi connectivity index (χ0n) is 11.2. The van der Waals surface area contributed by atoms with E-state index in [1.807, 2.05) is 0 Å². The molecule has 6 nitrogen and oxygen atoms in total. The van der Waals surface area contributed by atoms with Gasteiger partial charge in [-0.2, -0.15) is 5.10 Å². The van der Waals surface area contributed by atoms with Crippen molar-refractivity contribution in [3.05, 3.63) is 26.9 Å². The van der Waals surface area contributed by atoms with E-state index in [1.54, 1.807) is 29.3 Å². The maximum atomic E-state index is 12.2. The Hall–Kier alpha value is -1.25. The first kappa shape index (κ1) is 13.7. The molecule has 8 heteroatoms. The van der Waals surface area contributed by atoms with Gasteiger partial charge in [-0.05, 0) is 23.0 Å². The molecule has 1 amide bonds. The van der Waals surface area contributed by atoms with Crippen molar-refractivity contribution in [1.29, 1.82) is 0 Å². The van der Waals surface area contributed by atoms with Crippen LogP contribution in [0.3, 0.4) is 0 Å². The fraction of sp³-hybridized carbons (Fsp3) is 0.417. The molecule has 1 aliphatic heterocycles. The summed E-state index contributed by atoms with van der Waals surface area (Å²) in [6.45, 7) is 1.91. The lowest BCUT2D eigenvalue weighted by molar-refractivity contribution is 0.102. The Morgan fingerprint density at radius 1 is 1.50 bits per heavy atom. The maximum Gasteiger partial charge on any atom is 0.279 e. The SMILES string of the molecule is CN1CCc2nc(NC(=O)c3nn(C)cc3Br)sc2C1. The number of likely N-dealkylation sites (N-methyl/N-ethyl adjacent to an activating group) is 1. The minimum Gasteiger partial charge on any atom is -0.301 e. The molecule has 0 radical (unpaired) electrons. The van der Waals surface area contributed by atoms with E-state index in [2.05, 4.69) is 43.3 Å². The van der Waals surface area contributed by atoms with Gasteiger partial charge in [0.15, 0.2) is 10.8 Å². The van der Waals surface area contributed by atoms with Gasteiger partial charge in [0.2, 0.25) is 0 Å². The van der Waals surface area contributed by atoms with E-state index in [9.17, 15) is 4.79 Å². The highest BCUT2D eigenvalue weighted by Gasteiger charge is 2.21. The fourth-order valence-corrected chi connectivity index (χ4v) is 3.79. The van der Waals surface area contributed by atoms with E-state index in [0.29, 0.717) is 15.3 Å². The van der Waals surface area contributed by atoms with Crippen LogP contribution in [0.4, 0.5) is 5.13 Å². The van der Waals surface area contributed by atoms with E-state index >= 15 is 0 Å². The van der Waals surface area contributed by atoms with Crippen LogP contribution >= 0.6 is 27.3 Å². The van der Waals surface area contributed by atoms with Gasteiger partial charge in [0, 0.05) is 37.6 Å². The molecule has 3 rings (SSSR count).